The lowest BCUT2D eigenvalue weighted by Gasteiger charge is -2.19. The van der Waals surface area contributed by atoms with Gasteiger partial charge in [-0.15, -0.1) is 0 Å². The second-order valence-electron chi connectivity index (χ2n) is 8.35. The third-order valence-electron chi connectivity index (χ3n) is 4.90. The van der Waals surface area contributed by atoms with Gasteiger partial charge in [-0.1, -0.05) is 57.2 Å². The molecule has 0 fully saturated rings. The highest BCUT2D eigenvalue weighted by molar-refractivity contribution is 5.94. The number of carbonyl (C=O) groups is 1. The van der Waals surface area contributed by atoms with Gasteiger partial charge in [0.2, 0.25) is 0 Å². The standard InChI is InChI=1S/C24H24N4O4/c1-24(2,3)19-11-9-17(10-12-19)16-27-13-5-8-21(23(27)30)22(29)26-25-15-18-6-4-7-20(14-18)28(31)32/h4-15H,16H2,1-3H3,(H,26,29)/b25-15-. The molecule has 3 aromatic rings. The molecule has 0 aliphatic carbocycles. The number of rotatable bonds is 6. The zero-order valence-electron chi connectivity index (χ0n) is 18.1. The lowest BCUT2D eigenvalue weighted by Crippen LogP contribution is -2.30. The van der Waals surface area contributed by atoms with E-state index in [1.165, 1.54) is 40.6 Å². The Bertz CT molecular complexity index is 1220. The van der Waals surface area contributed by atoms with Gasteiger partial charge in [0, 0.05) is 23.9 Å². The van der Waals surface area contributed by atoms with E-state index < -0.39 is 16.4 Å². The third kappa shape index (κ3) is 5.54. The first kappa shape index (κ1) is 22.6. The number of benzene rings is 2. The molecule has 32 heavy (non-hydrogen) atoms. The van der Waals surface area contributed by atoms with E-state index >= 15 is 0 Å². The lowest BCUT2D eigenvalue weighted by atomic mass is 9.87. The number of pyridine rings is 1. The van der Waals surface area contributed by atoms with Crippen molar-refractivity contribution in [3.05, 3.63) is 110 Å². The number of nitro benzene ring substituents is 1. The summed E-state index contributed by atoms with van der Waals surface area (Å²) in [6.45, 7) is 6.74. The summed E-state index contributed by atoms with van der Waals surface area (Å²) in [5.74, 6) is -0.658. The van der Waals surface area contributed by atoms with Crippen molar-refractivity contribution in [2.24, 2.45) is 5.10 Å². The molecule has 2 aromatic carbocycles. The molecule has 3 rings (SSSR count). The number of hydrogen-bond donors (Lipinski definition) is 1. The van der Waals surface area contributed by atoms with Crippen LogP contribution in [0.4, 0.5) is 5.69 Å². The van der Waals surface area contributed by atoms with E-state index in [0.717, 1.165) is 5.56 Å². The SMILES string of the molecule is CC(C)(C)c1ccc(Cn2cccc(C(=O)N/N=C\c3cccc([N+](=O)[O-])c3)c2=O)cc1. The van der Waals surface area contributed by atoms with Crippen LogP contribution in [0.2, 0.25) is 0 Å². The fourth-order valence-electron chi connectivity index (χ4n) is 3.09. The summed E-state index contributed by atoms with van der Waals surface area (Å²) in [4.78, 5) is 35.5. The first-order chi connectivity index (χ1) is 15.1. The third-order valence-corrected chi connectivity index (χ3v) is 4.90. The van der Waals surface area contributed by atoms with Crippen LogP contribution < -0.4 is 11.0 Å². The Kier molecular flexibility index (Phi) is 6.63. The zero-order valence-corrected chi connectivity index (χ0v) is 18.1. The summed E-state index contributed by atoms with van der Waals surface area (Å²) in [5, 5.41) is 14.6. The van der Waals surface area contributed by atoms with Gasteiger partial charge in [0.05, 0.1) is 17.7 Å². The molecule has 164 valence electrons. The molecule has 1 N–H and O–H groups in total. The molecule has 8 nitrogen and oxygen atoms in total. The number of nitrogens with one attached hydrogen (secondary N) is 1. The van der Waals surface area contributed by atoms with E-state index in [2.05, 4.69) is 31.3 Å². The van der Waals surface area contributed by atoms with E-state index in [4.69, 9.17) is 0 Å². The monoisotopic (exact) mass is 432 g/mol. The molecule has 0 bridgehead atoms. The van der Waals surface area contributed by atoms with Gasteiger partial charge >= 0.3 is 0 Å². The molecule has 1 heterocycles. The Morgan fingerprint density at radius 3 is 2.50 bits per heavy atom. The molecule has 8 heteroatoms. The number of amides is 1. The topological polar surface area (TPSA) is 107 Å². The molecule has 0 atom stereocenters. The number of carbonyl (C=O) groups excluding carboxylic acids is 1. The Morgan fingerprint density at radius 1 is 1.12 bits per heavy atom. The van der Waals surface area contributed by atoms with Gasteiger partial charge in [0.25, 0.3) is 17.2 Å². The predicted octanol–water partition coefficient (Wildman–Crippen LogP) is 3.87. The van der Waals surface area contributed by atoms with Crippen molar-refractivity contribution in [3.63, 3.8) is 0 Å². The summed E-state index contributed by atoms with van der Waals surface area (Å²) < 4.78 is 1.46. The lowest BCUT2D eigenvalue weighted by molar-refractivity contribution is -0.384. The van der Waals surface area contributed by atoms with Crippen molar-refractivity contribution >= 4 is 17.8 Å². The number of non-ortho nitro benzene ring substituents is 1. The second kappa shape index (κ2) is 9.38. The van der Waals surface area contributed by atoms with Crippen LogP contribution in [-0.4, -0.2) is 21.6 Å². The van der Waals surface area contributed by atoms with Crippen molar-refractivity contribution in [3.8, 4) is 0 Å². The van der Waals surface area contributed by atoms with E-state index in [-0.39, 0.29) is 16.7 Å². The van der Waals surface area contributed by atoms with Crippen LogP contribution in [-0.2, 0) is 12.0 Å². The predicted molar refractivity (Wildman–Crippen MR) is 123 cm³/mol. The average molecular weight is 432 g/mol. The summed E-state index contributed by atoms with van der Waals surface area (Å²) in [6.07, 6.45) is 2.91. The molecule has 1 amide bonds. The summed E-state index contributed by atoms with van der Waals surface area (Å²) in [5.41, 5.74) is 4.37. The Hall–Kier alpha value is -4.07. The summed E-state index contributed by atoms with van der Waals surface area (Å²) >= 11 is 0. The van der Waals surface area contributed by atoms with Gasteiger partial charge in [0.1, 0.15) is 5.56 Å². The van der Waals surface area contributed by atoms with Gasteiger partial charge < -0.3 is 4.57 Å². The first-order valence-electron chi connectivity index (χ1n) is 10.0. The Balaban J connectivity index is 1.72. The van der Waals surface area contributed by atoms with Crippen molar-refractivity contribution in [2.75, 3.05) is 0 Å². The molecule has 1 aromatic heterocycles. The van der Waals surface area contributed by atoms with Crippen molar-refractivity contribution in [1.82, 2.24) is 9.99 Å². The largest absolute Gasteiger partial charge is 0.310 e. The van der Waals surface area contributed by atoms with Crippen LogP contribution >= 0.6 is 0 Å². The minimum absolute atomic E-state index is 0.0402. The number of aromatic nitrogens is 1. The Labute approximate surface area is 185 Å². The highest BCUT2D eigenvalue weighted by atomic mass is 16.6. The fourth-order valence-corrected chi connectivity index (χ4v) is 3.09. The highest BCUT2D eigenvalue weighted by Crippen LogP contribution is 2.22. The summed E-state index contributed by atoms with van der Waals surface area (Å²) in [6, 6.07) is 16.9. The maximum absolute atomic E-state index is 12.8. The van der Waals surface area contributed by atoms with E-state index in [9.17, 15) is 19.7 Å². The highest BCUT2D eigenvalue weighted by Gasteiger charge is 2.14. The maximum atomic E-state index is 12.8. The molecule has 0 aliphatic heterocycles. The molecule has 0 saturated carbocycles. The molecular formula is C24H24N4O4. The molecular weight excluding hydrogens is 408 g/mol. The van der Waals surface area contributed by atoms with Crippen LogP contribution in [0.5, 0.6) is 0 Å². The minimum atomic E-state index is -0.658. The van der Waals surface area contributed by atoms with Crippen molar-refractivity contribution in [2.45, 2.75) is 32.7 Å². The minimum Gasteiger partial charge on any atom is -0.310 e. The molecule has 0 aliphatic rings. The quantitative estimate of drug-likeness (QED) is 0.362. The molecule has 0 saturated heterocycles. The second-order valence-corrected chi connectivity index (χ2v) is 8.35. The van der Waals surface area contributed by atoms with Crippen LogP contribution in [0.3, 0.4) is 0 Å². The molecule has 0 spiro atoms. The van der Waals surface area contributed by atoms with Crippen LogP contribution in [0.15, 0.2) is 76.8 Å². The number of nitrogens with zero attached hydrogens (tertiary/aromatic N) is 3. The first-order valence-corrected chi connectivity index (χ1v) is 10.0. The van der Waals surface area contributed by atoms with Crippen molar-refractivity contribution < 1.29 is 9.72 Å². The smallest absolute Gasteiger partial charge is 0.276 e. The summed E-state index contributed by atoms with van der Waals surface area (Å²) in [7, 11) is 0. The van der Waals surface area contributed by atoms with Crippen molar-refractivity contribution in [1.29, 1.82) is 0 Å². The van der Waals surface area contributed by atoms with Gasteiger partial charge in [-0.25, -0.2) is 5.43 Å². The van der Waals surface area contributed by atoms with E-state index in [1.807, 2.05) is 24.3 Å². The normalized spacial score (nSPS) is 11.5. The Morgan fingerprint density at radius 2 is 1.84 bits per heavy atom. The van der Waals surface area contributed by atoms with Crippen LogP contribution in [0.1, 0.15) is 47.8 Å². The number of hydrogen-bond acceptors (Lipinski definition) is 5. The van der Waals surface area contributed by atoms with Gasteiger partial charge in [-0.05, 0) is 28.7 Å². The molecule has 0 unspecified atom stereocenters. The zero-order chi connectivity index (χ0) is 23.3. The van der Waals surface area contributed by atoms with Crippen LogP contribution in [0, 0.1) is 10.1 Å². The average Bonchev–Trinajstić information content (AvgIpc) is 2.75. The maximum Gasteiger partial charge on any atom is 0.276 e. The van der Waals surface area contributed by atoms with E-state index in [0.29, 0.717) is 12.1 Å². The number of nitro groups is 1. The number of hydrazone groups is 1. The fraction of sp³-hybridized carbons (Fsp3) is 0.208. The molecule has 0 radical (unpaired) electrons. The van der Waals surface area contributed by atoms with E-state index in [1.54, 1.807) is 18.3 Å². The van der Waals surface area contributed by atoms with Gasteiger partial charge in [-0.2, -0.15) is 5.10 Å². The van der Waals surface area contributed by atoms with Gasteiger partial charge in [-0.3, -0.25) is 19.7 Å². The van der Waals surface area contributed by atoms with Gasteiger partial charge in [0.15, 0.2) is 0 Å². The van der Waals surface area contributed by atoms with Crippen LogP contribution in [0.25, 0.3) is 0 Å².